The molecule has 1 aliphatic carbocycles. The van der Waals surface area contributed by atoms with Gasteiger partial charge in [-0.2, -0.15) is 4.98 Å². The number of aliphatic hydroxyl groups excluding tert-OH is 2. The van der Waals surface area contributed by atoms with Crippen LogP contribution in [0.5, 0.6) is 0 Å². The van der Waals surface area contributed by atoms with E-state index < -0.39 is 46.0 Å². The maximum atomic E-state index is 11.9. The fourth-order valence-electron chi connectivity index (χ4n) is 4.19. The Hall–Kier alpha value is -1.96. The molecular formula is C20H26ClN5O9P2. The molecule has 0 fully saturated rings. The van der Waals surface area contributed by atoms with Crippen LogP contribution in [0.15, 0.2) is 30.5 Å². The minimum atomic E-state index is -4.84. The zero-order chi connectivity index (χ0) is 27.0. The highest BCUT2D eigenvalue weighted by atomic mass is 35.5. The Morgan fingerprint density at radius 1 is 1.24 bits per heavy atom. The zero-order valence-electron chi connectivity index (χ0n) is 19.5. The molecule has 2 heterocycles. The molecule has 1 aliphatic rings. The van der Waals surface area contributed by atoms with E-state index in [-0.39, 0.29) is 22.7 Å². The van der Waals surface area contributed by atoms with Gasteiger partial charge in [-0.25, -0.2) is 9.50 Å². The van der Waals surface area contributed by atoms with Crippen LogP contribution in [0.4, 0.5) is 5.82 Å². The average Bonchev–Trinajstić information content (AvgIpc) is 3.41. The summed E-state index contributed by atoms with van der Waals surface area (Å²) in [6, 6.07) is 7.96. The van der Waals surface area contributed by atoms with Gasteiger partial charge in [-0.15, -0.1) is 5.10 Å². The molecule has 0 saturated carbocycles. The molecule has 37 heavy (non-hydrogen) atoms. The largest absolute Gasteiger partial charge is 0.387 e. The van der Waals surface area contributed by atoms with Gasteiger partial charge in [0.2, 0.25) is 5.28 Å². The van der Waals surface area contributed by atoms with Crippen LogP contribution in [0.2, 0.25) is 5.28 Å². The Morgan fingerprint density at radius 3 is 2.68 bits per heavy atom. The number of nitrogens with one attached hydrogen (secondary N) is 1. The number of halogens is 1. The zero-order valence-corrected chi connectivity index (χ0v) is 22.0. The number of hydrogen-bond donors (Lipinski definition) is 6. The molecule has 6 N–H and O–H groups in total. The van der Waals surface area contributed by atoms with Crippen molar-refractivity contribution in [3.8, 4) is 0 Å². The van der Waals surface area contributed by atoms with Crippen LogP contribution in [0.25, 0.3) is 5.65 Å². The predicted molar refractivity (Wildman–Crippen MR) is 131 cm³/mol. The summed E-state index contributed by atoms with van der Waals surface area (Å²) in [6.07, 6.45) is -1.76. The average molecular weight is 578 g/mol. The maximum absolute atomic E-state index is 11.9. The van der Waals surface area contributed by atoms with E-state index in [1.807, 2.05) is 18.2 Å². The van der Waals surface area contributed by atoms with Gasteiger partial charge in [0.1, 0.15) is 18.3 Å². The molecule has 0 aliphatic heterocycles. The molecule has 5 atom stereocenters. The Kier molecular flexibility index (Phi) is 8.37. The van der Waals surface area contributed by atoms with Gasteiger partial charge in [-0.3, -0.25) is 9.13 Å². The molecule has 0 amide bonds. The van der Waals surface area contributed by atoms with Crippen LogP contribution in [0.3, 0.4) is 0 Å². The van der Waals surface area contributed by atoms with Crippen molar-refractivity contribution in [1.29, 1.82) is 0 Å². The van der Waals surface area contributed by atoms with E-state index in [1.54, 1.807) is 0 Å². The summed E-state index contributed by atoms with van der Waals surface area (Å²) in [5.74, 6) is -1.08. The molecule has 17 heteroatoms. The molecule has 2 aromatic heterocycles. The van der Waals surface area contributed by atoms with Crippen molar-refractivity contribution in [2.45, 2.75) is 37.2 Å². The molecular weight excluding hydrogens is 552 g/mol. The van der Waals surface area contributed by atoms with E-state index in [0.717, 1.165) is 25.5 Å². The minimum absolute atomic E-state index is 0.0196. The molecule has 14 nitrogen and oxygen atoms in total. The highest BCUT2D eigenvalue weighted by Crippen LogP contribution is 2.55. The lowest BCUT2D eigenvalue weighted by Gasteiger charge is -2.26. The van der Waals surface area contributed by atoms with Crippen molar-refractivity contribution in [1.82, 2.24) is 19.6 Å². The highest BCUT2D eigenvalue weighted by molar-refractivity contribution is 7.70. The first kappa shape index (κ1) is 28.1. The van der Waals surface area contributed by atoms with Crippen LogP contribution in [-0.2, 0) is 24.8 Å². The lowest BCUT2D eigenvalue weighted by Crippen LogP contribution is -2.37. The first-order valence-corrected chi connectivity index (χ1v) is 15.0. The lowest BCUT2D eigenvalue weighted by atomic mass is 10.1. The van der Waals surface area contributed by atoms with Gasteiger partial charge in [-0.1, -0.05) is 24.3 Å². The Labute approximate surface area is 215 Å². The lowest BCUT2D eigenvalue weighted by molar-refractivity contribution is -0.0926. The quantitative estimate of drug-likeness (QED) is 0.179. The third-order valence-electron chi connectivity index (χ3n) is 5.92. The number of rotatable bonds is 11. The van der Waals surface area contributed by atoms with Gasteiger partial charge >= 0.3 is 15.2 Å². The van der Waals surface area contributed by atoms with E-state index in [4.69, 9.17) is 30.6 Å². The summed E-state index contributed by atoms with van der Waals surface area (Å²) in [6.45, 7) is -0.747. The van der Waals surface area contributed by atoms with Crippen LogP contribution in [-0.4, -0.2) is 76.3 Å². The van der Waals surface area contributed by atoms with Crippen LogP contribution in [0.1, 0.15) is 35.4 Å². The van der Waals surface area contributed by atoms with E-state index in [9.17, 15) is 24.2 Å². The van der Waals surface area contributed by atoms with Crippen molar-refractivity contribution in [2.24, 2.45) is 0 Å². The molecule has 4 rings (SSSR count). The van der Waals surface area contributed by atoms with Crippen LogP contribution < -0.4 is 5.32 Å². The summed E-state index contributed by atoms with van der Waals surface area (Å²) in [5, 5.41) is 28.8. The minimum Gasteiger partial charge on any atom is -0.387 e. The highest BCUT2D eigenvalue weighted by Gasteiger charge is 2.36. The number of nitrogens with zero attached hydrogens (tertiary/aromatic N) is 4. The Bertz CT molecular complexity index is 1370. The molecule has 1 aromatic carbocycles. The fraction of sp³-hybridized carbons (Fsp3) is 0.450. The van der Waals surface area contributed by atoms with E-state index in [0.29, 0.717) is 5.82 Å². The van der Waals surface area contributed by atoms with Gasteiger partial charge in [0.25, 0.3) is 0 Å². The second kappa shape index (κ2) is 11.0. The summed E-state index contributed by atoms with van der Waals surface area (Å²) >= 11 is 6.14. The van der Waals surface area contributed by atoms with Gasteiger partial charge < -0.3 is 39.5 Å². The number of imidazole rings is 1. The van der Waals surface area contributed by atoms with Crippen LogP contribution >= 0.6 is 26.8 Å². The van der Waals surface area contributed by atoms with Gasteiger partial charge in [0.15, 0.2) is 17.4 Å². The molecule has 3 aromatic rings. The van der Waals surface area contributed by atoms with Crippen molar-refractivity contribution < 1.29 is 43.3 Å². The monoisotopic (exact) mass is 577 g/mol. The standard InChI is InChI=1S/C20H26ClN5O9P2/c1-34-15(9-35-37(32,33)10-36(29,30)31)17(28)16(27)14-8-22-19-18(24-20(21)25-26(14)19)23-13-7-6-11-4-2-3-5-12(11)13/h2-5,8,13,15-17,27-28H,6-7,9-10H2,1H3,(H,32,33)(H,23,24,25)(H2,29,30,31)/t13-,15+,16-,17+/m0/s1. The topological polar surface area (TPSA) is 209 Å². The summed E-state index contributed by atoms with van der Waals surface area (Å²) in [4.78, 5) is 36.0. The molecule has 0 saturated heterocycles. The summed E-state index contributed by atoms with van der Waals surface area (Å²) in [7, 11) is -8.38. The summed E-state index contributed by atoms with van der Waals surface area (Å²) in [5.41, 5.74) is 2.60. The first-order valence-electron chi connectivity index (χ1n) is 11.0. The molecule has 0 radical (unpaired) electrons. The number of aryl methyl sites for hydroxylation is 1. The number of anilines is 1. The van der Waals surface area contributed by atoms with Crippen LogP contribution in [0, 0.1) is 0 Å². The number of aromatic nitrogens is 4. The molecule has 1 unspecified atom stereocenters. The number of hydrogen-bond acceptors (Lipinski definition) is 10. The number of methoxy groups -OCH3 is 1. The second-order valence-corrected chi connectivity index (χ2v) is 12.9. The van der Waals surface area contributed by atoms with E-state index >= 15 is 0 Å². The molecule has 202 valence electrons. The smallest absolute Gasteiger partial charge is 0.340 e. The SMILES string of the molecule is CO[C@H](COP(=O)(O)CP(=O)(O)O)[C@@H](O)[C@@H](O)c1cnc2c(N[C@H]3CCc4ccccc43)nc(Cl)nn12. The molecule has 0 spiro atoms. The second-order valence-electron chi connectivity index (χ2n) is 8.53. The van der Waals surface area contributed by atoms with E-state index in [2.05, 4.69) is 26.4 Å². The summed E-state index contributed by atoms with van der Waals surface area (Å²) < 4.78 is 34.0. The maximum Gasteiger partial charge on any atom is 0.340 e. The first-order chi connectivity index (χ1) is 17.4. The molecule has 0 bridgehead atoms. The van der Waals surface area contributed by atoms with Crippen molar-refractivity contribution >= 4 is 38.3 Å². The van der Waals surface area contributed by atoms with Gasteiger partial charge in [0, 0.05) is 7.11 Å². The van der Waals surface area contributed by atoms with Gasteiger partial charge in [0.05, 0.1) is 24.5 Å². The third kappa shape index (κ3) is 6.55. The van der Waals surface area contributed by atoms with Crippen molar-refractivity contribution in [3.63, 3.8) is 0 Å². The number of aliphatic hydroxyl groups is 2. The fourth-order valence-corrected chi connectivity index (χ4v) is 6.92. The van der Waals surface area contributed by atoms with E-state index in [1.165, 1.54) is 16.3 Å². The number of benzene rings is 1. The normalized spacial score (nSPS) is 19.8. The van der Waals surface area contributed by atoms with Crippen molar-refractivity contribution in [2.75, 3.05) is 24.9 Å². The Morgan fingerprint density at radius 2 is 1.97 bits per heavy atom. The predicted octanol–water partition coefficient (Wildman–Crippen LogP) is 1.62. The number of ether oxygens (including phenoxy) is 1. The number of fused-ring (bicyclic) bond motifs is 2. The Balaban J connectivity index is 1.54. The van der Waals surface area contributed by atoms with Gasteiger partial charge in [-0.05, 0) is 35.6 Å². The van der Waals surface area contributed by atoms with Crippen molar-refractivity contribution in [3.05, 3.63) is 52.6 Å². The third-order valence-corrected chi connectivity index (χ3v) is 9.54.